The number of amides is 1. The van der Waals surface area contributed by atoms with Crippen molar-refractivity contribution in [2.45, 2.75) is 0 Å². The minimum atomic E-state index is -0.484. The molecular formula is C10H10N2O3. The molecule has 0 atom stereocenters. The fourth-order valence-corrected chi connectivity index (χ4v) is 1.07. The lowest BCUT2D eigenvalue weighted by Gasteiger charge is -2.15. The maximum atomic E-state index is 11.2. The van der Waals surface area contributed by atoms with Gasteiger partial charge in [-0.25, -0.2) is 9.59 Å². The zero-order valence-corrected chi connectivity index (χ0v) is 8.43. The van der Waals surface area contributed by atoms with Crippen LogP contribution in [0.15, 0.2) is 29.3 Å². The molecule has 0 unspecified atom stereocenters. The SMILES string of the molecule is COC(=O)N(C)c1cccc(N=C=O)c1. The average molecular weight is 206 g/mol. The number of hydrogen-bond donors (Lipinski definition) is 0. The Morgan fingerprint density at radius 1 is 1.53 bits per heavy atom. The smallest absolute Gasteiger partial charge is 0.413 e. The highest BCUT2D eigenvalue weighted by Gasteiger charge is 2.10. The number of hydrogen-bond acceptors (Lipinski definition) is 4. The lowest BCUT2D eigenvalue weighted by atomic mass is 10.2. The predicted octanol–water partition coefficient (Wildman–Crippen LogP) is 1.86. The molecular weight excluding hydrogens is 196 g/mol. The van der Waals surface area contributed by atoms with Crippen molar-refractivity contribution in [3.8, 4) is 0 Å². The van der Waals surface area contributed by atoms with E-state index in [1.54, 1.807) is 31.3 Å². The van der Waals surface area contributed by atoms with Crippen LogP contribution in [0.2, 0.25) is 0 Å². The normalized spacial score (nSPS) is 8.93. The van der Waals surface area contributed by atoms with Gasteiger partial charge in [-0.05, 0) is 18.2 Å². The summed E-state index contributed by atoms with van der Waals surface area (Å²) in [6.45, 7) is 0. The summed E-state index contributed by atoms with van der Waals surface area (Å²) >= 11 is 0. The largest absolute Gasteiger partial charge is 0.452 e. The first-order chi connectivity index (χ1) is 7.19. The van der Waals surface area contributed by atoms with Crippen molar-refractivity contribution < 1.29 is 14.3 Å². The first kappa shape index (κ1) is 10.9. The molecule has 1 rings (SSSR count). The summed E-state index contributed by atoms with van der Waals surface area (Å²) in [5, 5.41) is 0. The van der Waals surface area contributed by atoms with Gasteiger partial charge in [0.15, 0.2) is 0 Å². The number of carbonyl (C=O) groups is 1. The lowest BCUT2D eigenvalue weighted by Crippen LogP contribution is -2.25. The van der Waals surface area contributed by atoms with Crippen molar-refractivity contribution in [1.82, 2.24) is 0 Å². The minimum Gasteiger partial charge on any atom is -0.452 e. The first-order valence-electron chi connectivity index (χ1n) is 4.18. The Labute approximate surface area is 87.0 Å². The van der Waals surface area contributed by atoms with Gasteiger partial charge in [0, 0.05) is 12.7 Å². The Bertz CT molecular complexity index is 411. The zero-order chi connectivity index (χ0) is 11.3. The molecule has 0 saturated carbocycles. The quantitative estimate of drug-likeness (QED) is 0.548. The lowest BCUT2D eigenvalue weighted by molar-refractivity contribution is 0.180. The molecule has 1 aromatic rings. The molecule has 0 heterocycles. The summed E-state index contributed by atoms with van der Waals surface area (Å²) in [5.74, 6) is 0. The number of rotatable bonds is 2. The number of benzene rings is 1. The van der Waals surface area contributed by atoms with E-state index in [4.69, 9.17) is 0 Å². The number of aliphatic imine (C=N–C) groups is 1. The van der Waals surface area contributed by atoms with Gasteiger partial charge in [0.1, 0.15) is 0 Å². The highest BCUT2D eigenvalue weighted by molar-refractivity contribution is 5.87. The van der Waals surface area contributed by atoms with Crippen LogP contribution in [0.4, 0.5) is 16.2 Å². The van der Waals surface area contributed by atoms with Gasteiger partial charge in [0.25, 0.3) is 0 Å². The van der Waals surface area contributed by atoms with E-state index in [1.807, 2.05) is 0 Å². The molecule has 0 aliphatic heterocycles. The van der Waals surface area contributed by atoms with Crippen LogP contribution in [0.1, 0.15) is 0 Å². The van der Waals surface area contributed by atoms with E-state index in [0.717, 1.165) is 0 Å². The minimum absolute atomic E-state index is 0.443. The summed E-state index contributed by atoms with van der Waals surface area (Å²) in [7, 11) is 2.86. The molecule has 0 N–H and O–H groups in total. The van der Waals surface area contributed by atoms with Crippen LogP contribution in [-0.4, -0.2) is 26.3 Å². The van der Waals surface area contributed by atoms with Crippen molar-refractivity contribution >= 4 is 23.5 Å². The highest BCUT2D eigenvalue weighted by Crippen LogP contribution is 2.20. The first-order valence-corrected chi connectivity index (χ1v) is 4.18. The number of anilines is 1. The van der Waals surface area contributed by atoms with Gasteiger partial charge in [-0.3, -0.25) is 4.90 Å². The molecule has 1 aromatic carbocycles. The number of carbonyl (C=O) groups excluding carboxylic acids is 2. The van der Waals surface area contributed by atoms with Gasteiger partial charge in [0.05, 0.1) is 12.8 Å². The van der Waals surface area contributed by atoms with Gasteiger partial charge in [-0.1, -0.05) is 6.07 Å². The van der Waals surface area contributed by atoms with E-state index < -0.39 is 6.09 Å². The monoisotopic (exact) mass is 206 g/mol. The average Bonchev–Trinajstić information content (AvgIpc) is 2.28. The van der Waals surface area contributed by atoms with Crippen molar-refractivity contribution in [1.29, 1.82) is 0 Å². The molecule has 1 amide bonds. The zero-order valence-electron chi connectivity index (χ0n) is 8.43. The number of methoxy groups -OCH3 is 1. The second-order valence-electron chi connectivity index (χ2n) is 2.75. The van der Waals surface area contributed by atoms with Crippen molar-refractivity contribution in [2.24, 2.45) is 4.99 Å². The molecule has 0 saturated heterocycles. The van der Waals surface area contributed by atoms with E-state index in [9.17, 15) is 9.59 Å². The molecule has 0 fully saturated rings. The Balaban J connectivity index is 2.99. The Morgan fingerprint density at radius 3 is 2.87 bits per heavy atom. The van der Waals surface area contributed by atoms with Gasteiger partial charge in [-0.2, -0.15) is 4.99 Å². The van der Waals surface area contributed by atoms with Gasteiger partial charge in [-0.15, -0.1) is 0 Å². The summed E-state index contributed by atoms with van der Waals surface area (Å²) in [4.78, 5) is 26.0. The third-order valence-electron chi connectivity index (χ3n) is 1.84. The van der Waals surface area contributed by atoms with E-state index >= 15 is 0 Å². The molecule has 5 nitrogen and oxygen atoms in total. The molecule has 0 spiro atoms. The molecule has 0 bridgehead atoms. The van der Waals surface area contributed by atoms with Crippen molar-refractivity contribution in [3.05, 3.63) is 24.3 Å². The second-order valence-corrected chi connectivity index (χ2v) is 2.75. The molecule has 0 aromatic heterocycles. The summed E-state index contributed by atoms with van der Waals surface area (Å²) in [6, 6.07) is 6.62. The molecule has 0 aliphatic rings. The van der Waals surface area contributed by atoms with E-state index in [-0.39, 0.29) is 0 Å². The fourth-order valence-electron chi connectivity index (χ4n) is 1.07. The van der Waals surface area contributed by atoms with Crippen LogP contribution < -0.4 is 4.90 Å². The summed E-state index contributed by atoms with van der Waals surface area (Å²) < 4.78 is 4.55. The van der Waals surface area contributed by atoms with E-state index in [2.05, 4.69) is 9.73 Å². The maximum Gasteiger partial charge on any atom is 0.413 e. The molecule has 15 heavy (non-hydrogen) atoms. The van der Waals surface area contributed by atoms with Crippen molar-refractivity contribution in [3.63, 3.8) is 0 Å². The van der Waals surface area contributed by atoms with Gasteiger partial charge >= 0.3 is 6.09 Å². The highest BCUT2D eigenvalue weighted by atomic mass is 16.5. The molecule has 5 heteroatoms. The fraction of sp³-hybridized carbons (Fsp3) is 0.200. The topological polar surface area (TPSA) is 59.0 Å². The van der Waals surface area contributed by atoms with Crippen LogP contribution in [0.5, 0.6) is 0 Å². The third-order valence-corrected chi connectivity index (χ3v) is 1.84. The molecule has 78 valence electrons. The van der Waals surface area contributed by atoms with E-state index in [0.29, 0.717) is 11.4 Å². The van der Waals surface area contributed by atoms with Gasteiger partial charge in [0.2, 0.25) is 6.08 Å². The van der Waals surface area contributed by atoms with Crippen LogP contribution in [0.3, 0.4) is 0 Å². The standard InChI is InChI=1S/C10H10N2O3/c1-12(10(14)15-2)9-5-3-4-8(6-9)11-7-13/h3-6H,1-2H3. The van der Waals surface area contributed by atoms with E-state index in [1.165, 1.54) is 18.1 Å². The third kappa shape index (κ3) is 2.65. The number of isocyanates is 1. The number of ether oxygens (including phenoxy) is 1. The Kier molecular flexibility index (Phi) is 3.60. The number of nitrogens with zero attached hydrogens (tertiary/aromatic N) is 2. The Morgan fingerprint density at radius 2 is 2.27 bits per heavy atom. The Hall–Kier alpha value is -2.13. The van der Waals surface area contributed by atoms with Crippen LogP contribution in [-0.2, 0) is 9.53 Å². The van der Waals surface area contributed by atoms with Gasteiger partial charge < -0.3 is 4.74 Å². The van der Waals surface area contributed by atoms with Crippen LogP contribution >= 0.6 is 0 Å². The summed E-state index contributed by atoms with van der Waals surface area (Å²) in [5.41, 5.74) is 1.04. The van der Waals surface area contributed by atoms with Crippen LogP contribution in [0.25, 0.3) is 0 Å². The maximum absolute atomic E-state index is 11.2. The second kappa shape index (κ2) is 4.93. The molecule has 0 radical (unpaired) electrons. The molecule has 0 aliphatic carbocycles. The van der Waals surface area contributed by atoms with Crippen molar-refractivity contribution in [2.75, 3.05) is 19.1 Å². The van der Waals surface area contributed by atoms with Crippen LogP contribution in [0, 0.1) is 0 Å². The summed E-state index contributed by atoms with van der Waals surface area (Å²) in [6.07, 6.45) is 0.950. The predicted molar refractivity (Wildman–Crippen MR) is 55.0 cm³/mol.